The van der Waals surface area contributed by atoms with Crippen LogP contribution in [0.1, 0.15) is 15.9 Å². The van der Waals surface area contributed by atoms with Crippen molar-refractivity contribution in [2.45, 2.75) is 6.61 Å². The first-order valence-corrected chi connectivity index (χ1v) is 7.18. The Morgan fingerprint density at radius 3 is 2.90 bits per heavy atom. The van der Waals surface area contributed by atoms with Gasteiger partial charge in [-0.05, 0) is 24.3 Å². The van der Waals surface area contributed by atoms with E-state index < -0.39 is 5.97 Å². The van der Waals surface area contributed by atoms with Gasteiger partial charge in [-0.25, -0.2) is 9.78 Å². The van der Waals surface area contributed by atoms with Crippen LogP contribution in [0.25, 0.3) is 0 Å². The Labute approximate surface area is 133 Å². The summed E-state index contributed by atoms with van der Waals surface area (Å²) in [6, 6.07) is 6.73. The number of fused-ring (bicyclic) bond motifs is 1. The summed E-state index contributed by atoms with van der Waals surface area (Å²) < 4.78 is 16.6. The van der Waals surface area contributed by atoms with E-state index >= 15 is 0 Å². The van der Waals surface area contributed by atoms with Gasteiger partial charge in [0.2, 0.25) is 6.79 Å². The number of benzene rings is 1. The van der Waals surface area contributed by atoms with Crippen molar-refractivity contribution in [2.24, 2.45) is 0 Å². The van der Waals surface area contributed by atoms with E-state index in [0.29, 0.717) is 11.5 Å². The van der Waals surface area contributed by atoms with Crippen LogP contribution >= 0.6 is 27.5 Å². The van der Waals surface area contributed by atoms with Gasteiger partial charge in [-0.3, -0.25) is 0 Å². The number of hydrogen-bond acceptors (Lipinski definition) is 5. The molecule has 0 fully saturated rings. The fourth-order valence-corrected chi connectivity index (χ4v) is 2.46. The number of esters is 1. The summed E-state index contributed by atoms with van der Waals surface area (Å²) in [7, 11) is 0. The van der Waals surface area contributed by atoms with E-state index in [0.717, 1.165) is 10.0 Å². The lowest BCUT2D eigenvalue weighted by molar-refractivity contribution is 0.0471. The zero-order valence-electron chi connectivity index (χ0n) is 10.6. The van der Waals surface area contributed by atoms with Crippen LogP contribution in [0.5, 0.6) is 11.5 Å². The third kappa shape index (κ3) is 2.96. The number of carbonyl (C=O) groups is 1. The van der Waals surface area contributed by atoms with Gasteiger partial charge < -0.3 is 14.2 Å². The Hall–Kier alpha value is -1.79. The Morgan fingerprint density at radius 1 is 1.38 bits per heavy atom. The van der Waals surface area contributed by atoms with E-state index in [1.807, 2.05) is 0 Å². The first-order valence-electron chi connectivity index (χ1n) is 6.01. The molecule has 7 heteroatoms. The normalized spacial score (nSPS) is 12.3. The Bertz CT molecular complexity index is 707. The van der Waals surface area contributed by atoms with Crippen molar-refractivity contribution >= 4 is 33.5 Å². The Balaban J connectivity index is 1.74. The largest absolute Gasteiger partial charge is 0.457 e. The molecule has 3 rings (SSSR count). The highest BCUT2D eigenvalue weighted by atomic mass is 79.9. The second-order valence-corrected chi connectivity index (χ2v) is 5.43. The predicted octanol–water partition coefficient (Wildman–Crippen LogP) is 3.58. The van der Waals surface area contributed by atoms with Crippen molar-refractivity contribution in [3.05, 3.63) is 51.2 Å². The molecular weight excluding hydrogens is 362 g/mol. The standard InChI is InChI=1S/C14H9BrClNO4/c15-10-5-12-11(20-7-21-12)4-8(10)6-19-14(18)9-2-1-3-17-13(9)16/h1-5H,6-7H2. The molecule has 0 amide bonds. The monoisotopic (exact) mass is 369 g/mol. The molecule has 0 atom stereocenters. The molecule has 5 nitrogen and oxygen atoms in total. The van der Waals surface area contributed by atoms with Crippen LogP contribution in [0.3, 0.4) is 0 Å². The summed E-state index contributed by atoms with van der Waals surface area (Å²) in [4.78, 5) is 15.8. The van der Waals surface area contributed by atoms with Gasteiger partial charge in [0, 0.05) is 16.2 Å². The van der Waals surface area contributed by atoms with E-state index in [9.17, 15) is 4.79 Å². The second-order valence-electron chi connectivity index (χ2n) is 4.21. The molecule has 0 radical (unpaired) electrons. The minimum atomic E-state index is -0.530. The lowest BCUT2D eigenvalue weighted by Gasteiger charge is -2.08. The van der Waals surface area contributed by atoms with Crippen LogP contribution < -0.4 is 9.47 Å². The molecule has 0 bridgehead atoms. The molecule has 2 aromatic rings. The smallest absolute Gasteiger partial charge is 0.341 e. The molecule has 0 unspecified atom stereocenters. The molecule has 1 aliphatic heterocycles. The maximum atomic E-state index is 12.0. The maximum absolute atomic E-state index is 12.0. The minimum Gasteiger partial charge on any atom is -0.457 e. The topological polar surface area (TPSA) is 57.7 Å². The van der Waals surface area contributed by atoms with Crippen molar-refractivity contribution < 1.29 is 19.0 Å². The summed E-state index contributed by atoms with van der Waals surface area (Å²) in [5.41, 5.74) is 1.00. The lowest BCUT2D eigenvalue weighted by atomic mass is 10.2. The fourth-order valence-electron chi connectivity index (χ4n) is 1.83. The van der Waals surface area contributed by atoms with Crippen molar-refractivity contribution in [2.75, 3.05) is 6.79 Å². The molecule has 0 spiro atoms. The predicted molar refractivity (Wildman–Crippen MR) is 78.6 cm³/mol. The second kappa shape index (κ2) is 5.91. The zero-order valence-corrected chi connectivity index (χ0v) is 13.0. The van der Waals surface area contributed by atoms with Crippen LogP contribution in [0.15, 0.2) is 34.9 Å². The van der Waals surface area contributed by atoms with E-state index in [-0.39, 0.29) is 24.1 Å². The molecule has 1 aliphatic rings. The average Bonchev–Trinajstić information content (AvgIpc) is 2.92. The van der Waals surface area contributed by atoms with Crippen LogP contribution in [-0.2, 0) is 11.3 Å². The molecule has 2 heterocycles. The van der Waals surface area contributed by atoms with Gasteiger partial charge in [-0.1, -0.05) is 27.5 Å². The van der Waals surface area contributed by atoms with E-state index in [4.69, 9.17) is 25.8 Å². The Kier molecular flexibility index (Phi) is 3.98. The minimum absolute atomic E-state index is 0.0846. The number of ether oxygens (including phenoxy) is 3. The van der Waals surface area contributed by atoms with E-state index in [1.165, 1.54) is 6.20 Å². The van der Waals surface area contributed by atoms with Crippen LogP contribution in [0.2, 0.25) is 5.15 Å². The lowest BCUT2D eigenvalue weighted by Crippen LogP contribution is -2.07. The van der Waals surface area contributed by atoms with Crippen molar-refractivity contribution in [1.82, 2.24) is 4.98 Å². The first kappa shape index (κ1) is 14.2. The summed E-state index contributed by atoms with van der Waals surface area (Å²) in [5, 5.41) is 0.118. The van der Waals surface area contributed by atoms with Gasteiger partial charge in [0.15, 0.2) is 11.5 Å². The highest BCUT2D eigenvalue weighted by Gasteiger charge is 2.18. The average molecular weight is 371 g/mol. The van der Waals surface area contributed by atoms with Crippen molar-refractivity contribution in [3.63, 3.8) is 0 Å². The van der Waals surface area contributed by atoms with Gasteiger partial charge in [-0.15, -0.1) is 0 Å². The Morgan fingerprint density at radius 2 is 2.14 bits per heavy atom. The maximum Gasteiger partial charge on any atom is 0.341 e. The third-order valence-electron chi connectivity index (χ3n) is 2.88. The zero-order chi connectivity index (χ0) is 14.8. The van der Waals surface area contributed by atoms with Gasteiger partial charge in [0.05, 0.1) is 5.56 Å². The van der Waals surface area contributed by atoms with Crippen molar-refractivity contribution in [1.29, 1.82) is 0 Å². The molecular formula is C14H9BrClNO4. The number of halogens is 2. The van der Waals surface area contributed by atoms with Gasteiger partial charge in [-0.2, -0.15) is 0 Å². The first-order chi connectivity index (χ1) is 10.1. The molecule has 0 saturated heterocycles. The van der Waals surface area contributed by atoms with Crippen molar-refractivity contribution in [3.8, 4) is 11.5 Å². The SMILES string of the molecule is O=C(OCc1cc2c(cc1Br)OCO2)c1cccnc1Cl. The molecule has 0 N–H and O–H groups in total. The number of pyridine rings is 1. The number of hydrogen-bond donors (Lipinski definition) is 0. The summed E-state index contributed by atoms with van der Waals surface area (Å²) in [5.74, 6) is 0.758. The molecule has 1 aromatic carbocycles. The number of carbonyl (C=O) groups excluding carboxylic acids is 1. The number of rotatable bonds is 3. The van der Waals surface area contributed by atoms with Gasteiger partial charge in [0.1, 0.15) is 11.8 Å². The third-order valence-corrected chi connectivity index (χ3v) is 3.92. The molecule has 0 aliphatic carbocycles. The quantitative estimate of drug-likeness (QED) is 0.610. The summed E-state index contributed by atoms with van der Waals surface area (Å²) >= 11 is 9.26. The fraction of sp³-hybridized carbons (Fsp3) is 0.143. The number of nitrogens with zero attached hydrogens (tertiary/aromatic N) is 1. The summed E-state index contributed by atoms with van der Waals surface area (Å²) in [6.07, 6.45) is 1.51. The van der Waals surface area contributed by atoms with Gasteiger partial charge >= 0.3 is 5.97 Å². The van der Waals surface area contributed by atoms with Gasteiger partial charge in [0.25, 0.3) is 0 Å². The number of aromatic nitrogens is 1. The van der Waals surface area contributed by atoms with E-state index in [1.54, 1.807) is 24.3 Å². The van der Waals surface area contributed by atoms with Crippen LogP contribution in [0, 0.1) is 0 Å². The van der Waals surface area contributed by atoms with Crippen LogP contribution in [-0.4, -0.2) is 17.7 Å². The molecule has 21 heavy (non-hydrogen) atoms. The summed E-state index contributed by atoms with van der Waals surface area (Å²) in [6.45, 7) is 0.275. The van der Waals surface area contributed by atoms with Crippen LogP contribution in [0.4, 0.5) is 0 Å². The van der Waals surface area contributed by atoms with E-state index in [2.05, 4.69) is 20.9 Å². The molecule has 108 valence electrons. The molecule has 1 aromatic heterocycles. The highest BCUT2D eigenvalue weighted by Crippen LogP contribution is 2.37. The highest BCUT2D eigenvalue weighted by molar-refractivity contribution is 9.10. The molecule has 0 saturated carbocycles.